The number of H-pyrrole nitrogens is 1. The van der Waals surface area contributed by atoms with Gasteiger partial charge in [0, 0.05) is 46.0 Å². The molecule has 0 atom stereocenters. The molecule has 0 spiro atoms. The molecule has 0 bridgehead atoms. The molecule has 0 aromatic carbocycles. The van der Waals surface area contributed by atoms with Crippen LogP contribution in [0.2, 0.25) is 0 Å². The number of ether oxygens (including phenoxy) is 1. The third-order valence-corrected chi connectivity index (χ3v) is 4.56. The molecule has 3 N–H and O–H groups in total. The molecule has 29 heavy (non-hydrogen) atoms. The van der Waals surface area contributed by atoms with Gasteiger partial charge < -0.3 is 15.4 Å². The summed E-state index contributed by atoms with van der Waals surface area (Å²) in [6.45, 7) is 4.09. The molecule has 1 aromatic heterocycles. The zero-order valence-electron chi connectivity index (χ0n) is 16.9. The van der Waals surface area contributed by atoms with Crippen LogP contribution in [0, 0.1) is 5.92 Å². The molecule has 0 saturated carbocycles. The van der Waals surface area contributed by atoms with Gasteiger partial charge in [0.15, 0.2) is 5.69 Å². The van der Waals surface area contributed by atoms with Crippen molar-refractivity contribution in [3.8, 4) is 0 Å². The first kappa shape index (κ1) is 22.3. The van der Waals surface area contributed by atoms with Crippen LogP contribution in [-0.4, -0.2) is 59.0 Å². The summed E-state index contributed by atoms with van der Waals surface area (Å²) >= 11 is 0. The van der Waals surface area contributed by atoms with E-state index in [0.29, 0.717) is 0 Å². The topological polar surface area (TPSA) is 148 Å². The molecule has 11 heteroatoms. The number of aromatic nitrogens is 2. The first-order valence-electron chi connectivity index (χ1n) is 9.42. The second-order valence-electron chi connectivity index (χ2n) is 7.22. The number of nitrogen functional groups attached to an aromatic ring is 1. The maximum atomic E-state index is 12.9. The molecule has 1 aliphatic heterocycles. The van der Waals surface area contributed by atoms with E-state index < -0.39 is 17.2 Å². The molecule has 160 valence electrons. The Morgan fingerprint density at radius 3 is 2.38 bits per heavy atom. The second kappa shape index (κ2) is 9.50. The minimum Gasteiger partial charge on any atom is -0.383 e. The number of hydrogen-bond donors (Lipinski definition) is 2. The Labute approximate surface area is 167 Å². The van der Waals surface area contributed by atoms with E-state index in [2.05, 4.69) is 4.98 Å². The summed E-state index contributed by atoms with van der Waals surface area (Å²) in [7, 11) is 1.44. The number of anilines is 2. The van der Waals surface area contributed by atoms with Crippen molar-refractivity contribution in [3.05, 3.63) is 20.8 Å². The summed E-state index contributed by atoms with van der Waals surface area (Å²) in [5.41, 5.74) is 4.51. The molecule has 2 rings (SSSR count). The fraction of sp³-hybridized carbons (Fsp3) is 0.611. The van der Waals surface area contributed by atoms with Crippen molar-refractivity contribution in [3.63, 3.8) is 0 Å². The molecule has 2 heterocycles. The minimum atomic E-state index is -0.787. The number of aromatic amines is 1. The Balaban J connectivity index is 2.35. The summed E-state index contributed by atoms with van der Waals surface area (Å²) in [6, 6.07) is 0. The number of methoxy groups -OCH3 is 1. The largest absolute Gasteiger partial charge is 0.383 e. The second-order valence-corrected chi connectivity index (χ2v) is 7.22. The Bertz CT molecular complexity index is 887. The third kappa shape index (κ3) is 5.11. The Hall–Kier alpha value is -2.95. The Kier molecular flexibility index (Phi) is 7.32. The zero-order valence-corrected chi connectivity index (χ0v) is 16.9. The van der Waals surface area contributed by atoms with Gasteiger partial charge in [-0.25, -0.2) is 4.79 Å². The summed E-state index contributed by atoms with van der Waals surface area (Å²) < 4.78 is 6.23. The lowest BCUT2D eigenvalue weighted by Gasteiger charge is -2.25. The summed E-state index contributed by atoms with van der Waals surface area (Å²) in [6.07, 6.45) is 0.0871. The van der Waals surface area contributed by atoms with E-state index >= 15 is 0 Å². The molecule has 11 nitrogen and oxygen atoms in total. The van der Waals surface area contributed by atoms with Crippen LogP contribution in [0.3, 0.4) is 0 Å². The quantitative estimate of drug-likeness (QED) is 0.512. The summed E-state index contributed by atoms with van der Waals surface area (Å²) in [4.78, 5) is 65.4. The molecule has 0 aliphatic carbocycles. The van der Waals surface area contributed by atoms with E-state index in [9.17, 15) is 24.0 Å². The Morgan fingerprint density at radius 2 is 1.83 bits per heavy atom. The molecule has 0 unspecified atom stereocenters. The number of likely N-dealkylation sites (tertiary alicyclic amines) is 1. The maximum absolute atomic E-state index is 12.9. The highest BCUT2D eigenvalue weighted by atomic mass is 16.5. The van der Waals surface area contributed by atoms with Gasteiger partial charge in [-0.2, -0.15) is 0 Å². The molecule has 1 aliphatic rings. The van der Waals surface area contributed by atoms with Crippen molar-refractivity contribution in [2.24, 2.45) is 5.92 Å². The number of rotatable bonds is 9. The van der Waals surface area contributed by atoms with Gasteiger partial charge in [-0.3, -0.25) is 33.6 Å². The molecular weight excluding hydrogens is 382 g/mol. The van der Waals surface area contributed by atoms with Gasteiger partial charge in [0.05, 0.1) is 6.61 Å². The van der Waals surface area contributed by atoms with E-state index in [1.807, 2.05) is 13.8 Å². The first-order valence-corrected chi connectivity index (χ1v) is 9.42. The number of imide groups is 1. The monoisotopic (exact) mass is 409 g/mol. The Morgan fingerprint density at radius 1 is 1.21 bits per heavy atom. The van der Waals surface area contributed by atoms with Crippen molar-refractivity contribution in [2.45, 2.75) is 39.7 Å². The van der Waals surface area contributed by atoms with Gasteiger partial charge in [-0.15, -0.1) is 0 Å². The minimum absolute atomic E-state index is 0.0182. The fourth-order valence-electron chi connectivity index (χ4n) is 3.14. The van der Waals surface area contributed by atoms with Gasteiger partial charge >= 0.3 is 5.69 Å². The smallest absolute Gasteiger partial charge is 0.330 e. The van der Waals surface area contributed by atoms with Gasteiger partial charge in [0.1, 0.15) is 5.82 Å². The van der Waals surface area contributed by atoms with Crippen LogP contribution in [0.1, 0.15) is 33.1 Å². The number of hydrogen-bond acceptors (Lipinski definition) is 7. The zero-order chi connectivity index (χ0) is 21.7. The van der Waals surface area contributed by atoms with E-state index in [1.165, 1.54) is 11.7 Å². The molecule has 3 amide bonds. The lowest BCUT2D eigenvalue weighted by molar-refractivity contribution is -0.138. The van der Waals surface area contributed by atoms with Gasteiger partial charge in [-0.05, 0) is 5.92 Å². The number of carbonyl (C=O) groups is 3. The highest BCUT2D eigenvalue weighted by molar-refractivity contribution is 6.02. The molecule has 1 fully saturated rings. The van der Waals surface area contributed by atoms with Crippen molar-refractivity contribution in [2.75, 3.05) is 37.4 Å². The SMILES string of the molecule is COCCN(C(=O)CCN1C(=O)CCC1=O)c1c(N)n(CC(C)C)c(=O)[nH]c1=O. The normalized spacial score (nSPS) is 14.1. The van der Waals surface area contributed by atoms with E-state index in [-0.39, 0.29) is 74.7 Å². The van der Waals surface area contributed by atoms with Gasteiger partial charge in [0.25, 0.3) is 5.56 Å². The van der Waals surface area contributed by atoms with Crippen LogP contribution in [0.4, 0.5) is 11.5 Å². The lowest BCUT2D eigenvalue weighted by Crippen LogP contribution is -2.44. The fourth-order valence-corrected chi connectivity index (χ4v) is 3.14. The van der Waals surface area contributed by atoms with Crippen LogP contribution in [-0.2, 0) is 25.7 Å². The van der Waals surface area contributed by atoms with Crippen molar-refractivity contribution in [1.29, 1.82) is 0 Å². The van der Waals surface area contributed by atoms with Crippen molar-refractivity contribution >= 4 is 29.2 Å². The van der Waals surface area contributed by atoms with Gasteiger partial charge in [0.2, 0.25) is 17.7 Å². The number of carbonyl (C=O) groups excluding carboxylic acids is 3. The molecular formula is C18H27N5O6. The third-order valence-electron chi connectivity index (χ3n) is 4.56. The van der Waals surface area contributed by atoms with E-state index in [4.69, 9.17) is 10.5 Å². The van der Waals surface area contributed by atoms with Crippen LogP contribution >= 0.6 is 0 Å². The number of nitrogens with zero attached hydrogens (tertiary/aromatic N) is 3. The number of amides is 3. The molecule has 1 aromatic rings. The van der Waals surface area contributed by atoms with Crippen molar-refractivity contribution in [1.82, 2.24) is 14.5 Å². The summed E-state index contributed by atoms with van der Waals surface area (Å²) in [5, 5.41) is 0. The van der Waals surface area contributed by atoms with Crippen LogP contribution in [0.5, 0.6) is 0 Å². The predicted molar refractivity (Wildman–Crippen MR) is 105 cm³/mol. The van der Waals surface area contributed by atoms with Crippen LogP contribution in [0.15, 0.2) is 9.59 Å². The average molecular weight is 409 g/mol. The molecule has 0 radical (unpaired) electrons. The van der Waals surface area contributed by atoms with Crippen LogP contribution in [0.25, 0.3) is 0 Å². The van der Waals surface area contributed by atoms with Crippen molar-refractivity contribution < 1.29 is 19.1 Å². The van der Waals surface area contributed by atoms with E-state index in [0.717, 1.165) is 9.80 Å². The highest BCUT2D eigenvalue weighted by Gasteiger charge is 2.30. The van der Waals surface area contributed by atoms with Gasteiger partial charge in [-0.1, -0.05) is 13.8 Å². The standard InChI is InChI=1S/C18H27N5O6/c1-11(2)10-23-16(19)15(17(27)20-18(23)28)22(8-9-29-3)14(26)6-7-21-12(24)4-5-13(21)25/h11H,4-10,19H2,1-3H3,(H,20,27,28). The maximum Gasteiger partial charge on any atom is 0.330 e. The van der Waals surface area contributed by atoms with Crippen LogP contribution < -0.4 is 21.9 Å². The number of nitrogens with one attached hydrogen (secondary N) is 1. The number of nitrogens with two attached hydrogens (primary N) is 1. The summed E-state index contributed by atoms with van der Waals surface area (Å²) in [5.74, 6) is -1.21. The van der Waals surface area contributed by atoms with E-state index in [1.54, 1.807) is 0 Å². The highest BCUT2D eigenvalue weighted by Crippen LogP contribution is 2.19. The average Bonchev–Trinajstić information content (AvgIpc) is 2.97. The predicted octanol–water partition coefficient (Wildman–Crippen LogP) is -0.707. The molecule has 1 saturated heterocycles. The lowest BCUT2D eigenvalue weighted by atomic mass is 10.2. The first-order chi connectivity index (χ1) is 13.7.